The van der Waals surface area contributed by atoms with Crippen molar-refractivity contribution in [3.05, 3.63) is 60.0 Å². The highest BCUT2D eigenvalue weighted by Gasteiger charge is 2.03. The first-order valence-corrected chi connectivity index (χ1v) is 5.25. The molecular weight excluding hydrogens is 198 g/mol. The van der Waals surface area contributed by atoms with E-state index in [1.807, 2.05) is 30.3 Å². The molecule has 2 aromatic heterocycles. The van der Waals surface area contributed by atoms with Gasteiger partial charge >= 0.3 is 0 Å². The molecule has 0 aliphatic heterocycles. The van der Waals surface area contributed by atoms with Gasteiger partial charge in [-0.3, -0.25) is 0 Å². The maximum atomic E-state index is 4.44. The number of hydrogen-bond donors (Lipinski definition) is 1. The van der Waals surface area contributed by atoms with E-state index in [4.69, 9.17) is 0 Å². The van der Waals surface area contributed by atoms with Crippen LogP contribution in [0.1, 0.15) is 11.4 Å². The fourth-order valence-corrected chi connectivity index (χ4v) is 1.77. The summed E-state index contributed by atoms with van der Waals surface area (Å²) in [5, 5.41) is 0. The van der Waals surface area contributed by atoms with Crippen molar-refractivity contribution >= 4 is 11.2 Å². The number of pyridine rings is 1. The van der Waals surface area contributed by atoms with Crippen molar-refractivity contribution in [3.63, 3.8) is 0 Å². The van der Waals surface area contributed by atoms with Gasteiger partial charge in [0.1, 0.15) is 5.82 Å². The minimum absolute atomic E-state index is 0.786. The molecule has 0 bridgehead atoms. The van der Waals surface area contributed by atoms with Gasteiger partial charge in [-0.25, -0.2) is 9.97 Å². The van der Waals surface area contributed by atoms with Gasteiger partial charge in [0.05, 0.1) is 5.52 Å². The predicted octanol–water partition coefficient (Wildman–Crippen LogP) is 2.55. The molecule has 0 radical (unpaired) electrons. The van der Waals surface area contributed by atoms with Crippen molar-refractivity contribution in [1.82, 2.24) is 15.0 Å². The summed E-state index contributed by atoms with van der Waals surface area (Å²) < 4.78 is 0. The molecule has 0 aliphatic rings. The van der Waals surface area contributed by atoms with E-state index in [9.17, 15) is 0 Å². The number of fused-ring (bicyclic) bond motifs is 1. The van der Waals surface area contributed by atoms with Crippen molar-refractivity contribution in [1.29, 1.82) is 0 Å². The van der Waals surface area contributed by atoms with Crippen LogP contribution in [0, 0.1) is 0 Å². The summed E-state index contributed by atoms with van der Waals surface area (Å²) in [4.78, 5) is 11.9. The van der Waals surface area contributed by atoms with Crippen molar-refractivity contribution < 1.29 is 0 Å². The minimum atomic E-state index is 0.786. The molecule has 1 N–H and O–H groups in total. The van der Waals surface area contributed by atoms with E-state index in [1.165, 1.54) is 5.56 Å². The van der Waals surface area contributed by atoms with Gasteiger partial charge in [0.15, 0.2) is 5.65 Å². The van der Waals surface area contributed by atoms with Crippen LogP contribution in [0.4, 0.5) is 0 Å². The molecule has 2 heterocycles. The maximum absolute atomic E-state index is 4.44. The largest absolute Gasteiger partial charge is 0.340 e. The van der Waals surface area contributed by atoms with Crippen LogP contribution in [-0.2, 0) is 6.42 Å². The van der Waals surface area contributed by atoms with E-state index in [0.717, 1.165) is 23.4 Å². The van der Waals surface area contributed by atoms with Gasteiger partial charge < -0.3 is 4.98 Å². The zero-order valence-electron chi connectivity index (χ0n) is 8.72. The van der Waals surface area contributed by atoms with Crippen LogP contribution in [-0.4, -0.2) is 15.0 Å². The highest BCUT2D eigenvalue weighted by atomic mass is 15.0. The van der Waals surface area contributed by atoms with E-state index in [-0.39, 0.29) is 0 Å². The number of rotatable bonds is 2. The fraction of sp³-hybridized carbons (Fsp3) is 0.0769. The second-order valence-corrected chi connectivity index (χ2v) is 3.72. The molecule has 0 fully saturated rings. The third kappa shape index (κ3) is 1.67. The lowest BCUT2D eigenvalue weighted by Gasteiger charge is -1.95. The maximum Gasteiger partial charge on any atom is 0.177 e. The number of aromatic amines is 1. The summed E-state index contributed by atoms with van der Waals surface area (Å²) in [5.41, 5.74) is 3.03. The Balaban J connectivity index is 1.95. The lowest BCUT2D eigenvalue weighted by molar-refractivity contribution is 1.03. The summed E-state index contributed by atoms with van der Waals surface area (Å²) in [5.74, 6) is 0.958. The summed E-state index contributed by atoms with van der Waals surface area (Å²) in [7, 11) is 0. The molecule has 3 heteroatoms. The SMILES string of the molecule is c1ccc(Cc2nc3ncccc3[nH]2)cc1. The van der Waals surface area contributed by atoms with E-state index < -0.39 is 0 Å². The first-order valence-electron chi connectivity index (χ1n) is 5.25. The molecule has 0 saturated heterocycles. The zero-order chi connectivity index (χ0) is 10.8. The lowest BCUT2D eigenvalue weighted by atomic mass is 10.1. The number of aromatic nitrogens is 3. The Labute approximate surface area is 93.2 Å². The molecule has 0 aliphatic carbocycles. The first-order chi connectivity index (χ1) is 7.92. The van der Waals surface area contributed by atoms with Crippen molar-refractivity contribution in [2.45, 2.75) is 6.42 Å². The molecule has 0 spiro atoms. The third-order valence-electron chi connectivity index (χ3n) is 2.52. The van der Waals surface area contributed by atoms with Crippen molar-refractivity contribution in [2.75, 3.05) is 0 Å². The monoisotopic (exact) mass is 209 g/mol. The second-order valence-electron chi connectivity index (χ2n) is 3.72. The third-order valence-corrected chi connectivity index (χ3v) is 2.52. The molecule has 0 amide bonds. The molecule has 78 valence electrons. The Kier molecular flexibility index (Phi) is 2.14. The molecule has 3 aromatic rings. The van der Waals surface area contributed by atoms with Crippen molar-refractivity contribution in [3.8, 4) is 0 Å². The molecule has 16 heavy (non-hydrogen) atoms. The van der Waals surface area contributed by atoms with Gasteiger partial charge in [-0.1, -0.05) is 30.3 Å². The highest BCUT2D eigenvalue weighted by Crippen LogP contribution is 2.11. The smallest absolute Gasteiger partial charge is 0.177 e. The number of imidazole rings is 1. The van der Waals surface area contributed by atoms with Crippen LogP contribution in [0.25, 0.3) is 11.2 Å². The standard InChI is InChI=1S/C13H11N3/c1-2-5-10(6-3-1)9-12-15-11-7-4-8-14-13(11)16-12/h1-8H,9H2,(H,14,15,16). The van der Waals surface area contributed by atoms with Gasteiger partial charge in [0.2, 0.25) is 0 Å². The molecule has 0 unspecified atom stereocenters. The molecule has 3 rings (SSSR count). The van der Waals surface area contributed by atoms with Gasteiger partial charge in [-0.15, -0.1) is 0 Å². The number of benzene rings is 1. The van der Waals surface area contributed by atoms with E-state index in [0.29, 0.717) is 0 Å². The summed E-state index contributed by atoms with van der Waals surface area (Å²) in [6.07, 6.45) is 2.58. The van der Waals surface area contributed by atoms with Gasteiger partial charge in [0, 0.05) is 12.6 Å². The van der Waals surface area contributed by atoms with Gasteiger partial charge in [0.25, 0.3) is 0 Å². The Bertz CT molecular complexity index is 566. The Morgan fingerprint density at radius 3 is 2.69 bits per heavy atom. The van der Waals surface area contributed by atoms with Gasteiger partial charge in [-0.05, 0) is 17.7 Å². The number of H-pyrrole nitrogens is 1. The van der Waals surface area contributed by atoms with Crippen LogP contribution < -0.4 is 0 Å². The Morgan fingerprint density at radius 2 is 1.88 bits per heavy atom. The van der Waals surface area contributed by atoms with E-state index >= 15 is 0 Å². The molecule has 0 saturated carbocycles. The fourth-order valence-electron chi connectivity index (χ4n) is 1.77. The van der Waals surface area contributed by atoms with Crippen LogP contribution in [0.3, 0.4) is 0 Å². The molecular formula is C13H11N3. The quantitative estimate of drug-likeness (QED) is 0.704. The average molecular weight is 209 g/mol. The minimum Gasteiger partial charge on any atom is -0.340 e. The van der Waals surface area contributed by atoms with Crippen LogP contribution in [0.5, 0.6) is 0 Å². The average Bonchev–Trinajstić information content (AvgIpc) is 2.72. The first kappa shape index (κ1) is 9.09. The van der Waals surface area contributed by atoms with Crippen LogP contribution in [0.2, 0.25) is 0 Å². The highest BCUT2D eigenvalue weighted by molar-refractivity contribution is 5.69. The molecule has 3 nitrogen and oxygen atoms in total. The van der Waals surface area contributed by atoms with Crippen molar-refractivity contribution in [2.24, 2.45) is 0 Å². The molecule has 1 aromatic carbocycles. The topological polar surface area (TPSA) is 41.6 Å². The normalized spacial score (nSPS) is 10.8. The summed E-state index contributed by atoms with van der Waals surface area (Å²) >= 11 is 0. The second kappa shape index (κ2) is 3.77. The molecule has 0 atom stereocenters. The van der Waals surface area contributed by atoms with Gasteiger partial charge in [-0.2, -0.15) is 0 Å². The Hall–Kier alpha value is -2.16. The number of hydrogen-bond acceptors (Lipinski definition) is 2. The number of nitrogens with zero attached hydrogens (tertiary/aromatic N) is 2. The van der Waals surface area contributed by atoms with E-state index in [1.54, 1.807) is 6.20 Å². The summed E-state index contributed by atoms with van der Waals surface area (Å²) in [6, 6.07) is 14.2. The predicted molar refractivity (Wildman–Crippen MR) is 63.1 cm³/mol. The zero-order valence-corrected chi connectivity index (χ0v) is 8.72. The Morgan fingerprint density at radius 1 is 1.00 bits per heavy atom. The lowest BCUT2D eigenvalue weighted by Crippen LogP contribution is -1.89. The van der Waals surface area contributed by atoms with E-state index in [2.05, 4.69) is 27.1 Å². The summed E-state index contributed by atoms with van der Waals surface area (Å²) in [6.45, 7) is 0. The van der Waals surface area contributed by atoms with Crippen LogP contribution >= 0.6 is 0 Å². The number of nitrogens with one attached hydrogen (secondary N) is 1. The van der Waals surface area contributed by atoms with Crippen LogP contribution in [0.15, 0.2) is 48.7 Å².